The van der Waals surface area contributed by atoms with E-state index in [1.165, 1.54) is 5.56 Å². The van der Waals surface area contributed by atoms with Gasteiger partial charge in [0.25, 0.3) is 5.89 Å². The van der Waals surface area contributed by atoms with Crippen molar-refractivity contribution >= 4 is 5.91 Å². The van der Waals surface area contributed by atoms with Crippen molar-refractivity contribution in [2.45, 2.75) is 19.8 Å². The van der Waals surface area contributed by atoms with Crippen LogP contribution in [0.15, 0.2) is 53.1 Å². The molecule has 140 valence electrons. The van der Waals surface area contributed by atoms with Crippen molar-refractivity contribution in [3.63, 3.8) is 0 Å². The van der Waals surface area contributed by atoms with Gasteiger partial charge in [-0.15, -0.1) is 0 Å². The third-order valence-electron chi connectivity index (χ3n) is 4.35. The molecule has 1 heterocycles. The Hall–Kier alpha value is -3.15. The summed E-state index contributed by atoms with van der Waals surface area (Å²) in [6, 6.07) is 15.5. The van der Waals surface area contributed by atoms with Crippen LogP contribution in [0.1, 0.15) is 17.0 Å². The van der Waals surface area contributed by atoms with Gasteiger partial charge in [-0.05, 0) is 36.8 Å². The van der Waals surface area contributed by atoms with Gasteiger partial charge >= 0.3 is 0 Å². The van der Waals surface area contributed by atoms with Gasteiger partial charge < -0.3 is 14.2 Å². The molecule has 0 saturated heterocycles. The van der Waals surface area contributed by atoms with E-state index >= 15 is 0 Å². The minimum atomic E-state index is 0.0329. The summed E-state index contributed by atoms with van der Waals surface area (Å²) in [6.07, 6.45) is 0.865. The largest absolute Gasteiger partial charge is 0.497 e. The molecular weight excluding hydrogens is 342 g/mol. The molecule has 0 radical (unpaired) electrons. The number of likely N-dealkylation sites (N-methyl/N-ethyl adjacent to an activating group) is 1. The molecule has 0 atom stereocenters. The third kappa shape index (κ3) is 4.94. The van der Waals surface area contributed by atoms with Crippen molar-refractivity contribution in [3.05, 3.63) is 65.5 Å². The van der Waals surface area contributed by atoms with E-state index in [1.807, 2.05) is 55.5 Å². The Balaban J connectivity index is 1.54. The molecule has 0 saturated carbocycles. The lowest BCUT2D eigenvalue weighted by Crippen LogP contribution is -2.30. The number of ether oxygens (including phenoxy) is 1. The van der Waals surface area contributed by atoms with Crippen molar-refractivity contribution in [2.24, 2.45) is 0 Å². The zero-order valence-electron chi connectivity index (χ0n) is 15.8. The van der Waals surface area contributed by atoms with Gasteiger partial charge in [0.2, 0.25) is 5.91 Å². The lowest BCUT2D eigenvalue weighted by atomic mass is 10.1. The van der Waals surface area contributed by atoms with E-state index < -0.39 is 0 Å². The smallest absolute Gasteiger partial charge is 0.257 e. The number of amides is 1. The summed E-state index contributed by atoms with van der Waals surface area (Å²) in [4.78, 5) is 18.5. The molecule has 0 fully saturated rings. The molecule has 6 heteroatoms. The zero-order chi connectivity index (χ0) is 19.2. The highest BCUT2D eigenvalue weighted by molar-refractivity contribution is 5.78. The molecule has 3 rings (SSSR count). The van der Waals surface area contributed by atoms with Crippen LogP contribution in [0.2, 0.25) is 0 Å². The highest BCUT2D eigenvalue weighted by Crippen LogP contribution is 2.18. The van der Waals surface area contributed by atoms with Crippen molar-refractivity contribution < 1.29 is 14.1 Å². The first-order chi connectivity index (χ1) is 13.0. The average molecular weight is 365 g/mol. The van der Waals surface area contributed by atoms with Gasteiger partial charge in [-0.3, -0.25) is 4.79 Å². The molecular formula is C21H23N3O3. The van der Waals surface area contributed by atoms with Crippen LogP contribution in [-0.2, 0) is 17.6 Å². The summed E-state index contributed by atoms with van der Waals surface area (Å²) in [5, 5.41) is 4.01. The van der Waals surface area contributed by atoms with Gasteiger partial charge in [-0.1, -0.05) is 35.0 Å². The number of benzene rings is 2. The van der Waals surface area contributed by atoms with Gasteiger partial charge in [0.05, 0.1) is 13.5 Å². The number of aryl methyl sites for hydroxylation is 1. The van der Waals surface area contributed by atoms with E-state index in [-0.39, 0.29) is 5.91 Å². The molecule has 2 aromatic carbocycles. The maximum absolute atomic E-state index is 12.4. The summed E-state index contributed by atoms with van der Waals surface area (Å²) in [5.41, 5.74) is 2.99. The van der Waals surface area contributed by atoms with Crippen molar-refractivity contribution in [1.29, 1.82) is 0 Å². The maximum Gasteiger partial charge on any atom is 0.257 e. The number of carbonyl (C=O) groups is 1. The summed E-state index contributed by atoms with van der Waals surface area (Å²) in [5.74, 6) is 1.87. The Bertz CT molecular complexity index is 903. The van der Waals surface area contributed by atoms with Crippen LogP contribution in [0, 0.1) is 6.92 Å². The Morgan fingerprint density at radius 2 is 1.96 bits per heavy atom. The molecule has 0 spiro atoms. The molecule has 1 aromatic heterocycles. The second-order valence-electron chi connectivity index (χ2n) is 6.48. The monoisotopic (exact) mass is 365 g/mol. The van der Waals surface area contributed by atoms with E-state index in [4.69, 9.17) is 9.26 Å². The molecule has 1 amide bonds. The number of hydrogen-bond donors (Lipinski definition) is 0. The average Bonchev–Trinajstić information content (AvgIpc) is 3.15. The van der Waals surface area contributed by atoms with Crippen LogP contribution >= 0.6 is 0 Å². The molecule has 0 aliphatic heterocycles. The lowest BCUT2D eigenvalue weighted by molar-refractivity contribution is -0.129. The normalized spacial score (nSPS) is 10.6. The number of carbonyl (C=O) groups excluding carboxylic acids is 1. The van der Waals surface area contributed by atoms with Crippen LogP contribution < -0.4 is 4.74 Å². The summed E-state index contributed by atoms with van der Waals surface area (Å²) in [7, 11) is 3.40. The first-order valence-electron chi connectivity index (χ1n) is 8.81. The highest BCUT2D eigenvalue weighted by Gasteiger charge is 2.13. The van der Waals surface area contributed by atoms with Gasteiger partial charge in [-0.25, -0.2) is 0 Å². The first kappa shape index (κ1) is 18.6. The quantitative estimate of drug-likeness (QED) is 0.643. The lowest BCUT2D eigenvalue weighted by Gasteiger charge is -2.16. The number of nitrogens with zero attached hydrogens (tertiary/aromatic N) is 3. The summed E-state index contributed by atoms with van der Waals surface area (Å²) >= 11 is 0. The number of hydrogen-bond acceptors (Lipinski definition) is 5. The van der Waals surface area contributed by atoms with Crippen LogP contribution in [0.5, 0.6) is 5.75 Å². The van der Waals surface area contributed by atoms with Crippen molar-refractivity contribution in [3.8, 4) is 17.2 Å². The van der Waals surface area contributed by atoms with Crippen molar-refractivity contribution in [1.82, 2.24) is 15.0 Å². The molecule has 0 N–H and O–H groups in total. The van der Waals surface area contributed by atoms with Crippen LogP contribution in [-0.4, -0.2) is 41.6 Å². The summed E-state index contributed by atoms with van der Waals surface area (Å²) < 4.78 is 10.5. The molecule has 0 aliphatic rings. The van der Waals surface area contributed by atoms with Gasteiger partial charge in [-0.2, -0.15) is 4.98 Å². The predicted octanol–water partition coefficient (Wildman–Crippen LogP) is 3.30. The van der Waals surface area contributed by atoms with Crippen LogP contribution in [0.4, 0.5) is 0 Å². The minimum absolute atomic E-state index is 0.0329. The predicted molar refractivity (Wildman–Crippen MR) is 103 cm³/mol. The van der Waals surface area contributed by atoms with Crippen LogP contribution in [0.25, 0.3) is 11.5 Å². The molecule has 0 unspecified atom stereocenters. The fraction of sp³-hybridized carbons (Fsp3) is 0.286. The number of aromatic nitrogens is 2. The molecule has 0 aliphatic carbocycles. The van der Waals surface area contributed by atoms with E-state index in [0.717, 1.165) is 16.9 Å². The Kier molecular flexibility index (Phi) is 5.86. The van der Waals surface area contributed by atoms with Gasteiger partial charge in [0.1, 0.15) is 5.75 Å². The van der Waals surface area contributed by atoms with E-state index in [1.54, 1.807) is 19.1 Å². The number of rotatable bonds is 7. The van der Waals surface area contributed by atoms with Crippen LogP contribution in [0.3, 0.4) is 0 Å². The molecule has 6 nitrogen and oxygen atoms in total. The Morgan fingerprint density at radius 1 is 1.19 bits per heavy atom. The van der Waals surface area contributed by atoms with Gasteiger partial charge in [0.15, 0.2) is 5.82 Å². The first-order valence-corrected chi connectivity index (χ1v) is 8.81. The van der Waals surface area contributed by atoms with Crippen molar-refractivity contribution in [2.75, 3.05) is 20.7 Å². The zero-order valence-corrected chi connectivity index (χ0v) is 15.8. The SMILES string of the molecule is COc1cccc(CC(=O)N(C)CCc2noc(-c3ccc(C)cc3)n2)c1. The minimum Gasteiger partial charge on any atom is -0.497 e. The molecule has 0 bridgehead atoms. The van der Waals surface area contributed by atoms with E-state index in [2.05, 4.69) is 10.1 Å². The Labute approximate surface area is 158 Å². The molecule has 27 heavy (non-hydrogen) atoms. The fourth-order valence-corrected chi connectivity index (χ4v) is 2.65. The standard InChI is InChI=1S/C21H23N3O3/c1-15-7-9-17(10-8-15)21-22-19(23-27-21)11-12-24(2)20(25)14-16-5-4-6-18(13-16)26-3/h4-10,13H,11-12,14H2,1-3H3. The second kappa shape index (κ2) is 8.49. The molecule has 3 aromatic rings. The highest BCUT2D eigenvalue weighted by atomic mass is 16.5. The second-order valence-corrected chi connectivity index (χ2v) is 6.48. The fourth-order valence-electron chi connectivity index (χ4n) is 2.65. The van der Waals surface area contributed by atoms with E-state index in [9.17, 15) is 4.79 Å². The summed E-state index contributed by atoms with van der Waals surface area (Å²) in [6.45, 7) is 2.55. The number of methoxy groups -OCH3 is 1. The van der Waals surface area contributed by atoms with E-state index in [0.29, 0.717) is 31.1 Å². The maximum atomic E-state index is 12.4. The third-order valence-corrected chi connectivity index (χ3v) is 4.35. The van der Waals surface area contributed by atoms with Gasteiger partial charge in [0, 0.05) is 25.6 Å². The Morgan fingerprint density at radius 3 is 2.70 bits per heavy atom. The topological polar surface area (TPSA) is 68.5 Å².